The average molecular weight is 230 g/mol. The summed E-state index contributed by atoms with van der Waals surface area (Å²) in [4.78, 5) is 3.77. The number of aromatic nitrogens is 1. The van der Waals surface area contributed by atoms with Crippen LogP contribution in [0.25, 0.3) is 0 Å². The summed E-state index contributed by atoms with van der Waals surface area (Å²) in [5, 5.41) is 2.70. The van der Waals surface area contributed by atoms with Gasteiger partial charge in [0.25, 0.3) is 5.88 Å². The molecule has 1 aromatic rings. The maximum Gasteiger partial charge on any atom is 0.252 e. The number of pyridine rings is 1. The second-order valence-corrected chi connectivity index (χ2v) is 3.47. The highest BCUT2D eigenvalue weighted by atomic mass is 19.1. The zero-order valence-corrected chi connectivity index (χ0v) is 9.68. The normalized spacial score (nSPS) is 12.3. The van der Waals surface area contributed by atoms with Gasteiger partial charge in [0, 0.05) is 12.6 Å². The first-order valence-corrected chi connectivity index (χ1v) is 5.35. The van der Waals surface area contributed by atoms with Gasteiger partial charge in [-0.1, -0.05) is 6.92 Å². The maximum atomic E-state index is 13.3. The second kappa shape index (κ2) is 5.63. The lowest BCUT2D eigenvalue weighted by Gasteiger charge is -2.13. The number of anilines is 1. The molecule has 90 valence electrons. The minimum Gasteiger partial charge on any atom is -0.473 e. The van der Waals surface area contributed by atoms with Crippen LogP contribution in [0.15, 0.2) is 6.07 Å². The first-order chi connectivity index (χ1) is 7.58. The summed E-state index contributed by atoms with van der Waals surface area (Å²) in [6, 6.07) is 0.780. The fourth-order valence-electron chi connectivity index (χ4n) is 1.10. The molecule has 0 aliphatic heterocycles. The van der Waals surface area contributed by atoms with Crippen LogP contribution in [0.4, 0.5) is 14.6 Å². The molecule has 1 atom stereocenters. The molecule has 0 amide bonds. The van der Waals surface area contributed by atoms with Crippen molar-refractivity contribution >= 4 is 5.82 Å². The van der Waals surface area contributed by atoms with Gasteiger partial charge in [-0.3, -0.25) is 0 Å². The maximum absolute atomic E-state index is 13.3. The first kappa shape index (κ1) is 12.7. The van der Waals surface area contributed by atoms with Crippen molar-refractivity contribution in [3.05, 3.63) is 17.7 Å². The molecule has 1 N–H and O–H groups in total. The van der Waals surface area contributed by atoms with Crippen molar-refractivity contribution in [2.24, 2.45) is 0 Å². The Bertz CT molecular complexity index is 358. The molecule has 1 rings (SSSR count). The molecule has 0 spiro atoms. The molecule has 1 heterocycles. The van der Waals surface area contributed by atoms with Crippen molar-refractivity contribution in [2.75, 3.05) is 11.9 Å². The van der Waals surface area contributed by atoms with Gasteiger partial charge in [-0.15, -0.1) is 0 Å². The quantitative estimate of drug-likeness (QED) is 0.844. The highest BCUT2D eigenvalue weighted by Gasteiger charge is 2.14. The molecule has 1 aromatic heterocycles. The Hall–Kier alpha value is -1.39. The molecule has 3 nitrogen and oxygen atoms in total. The molecule has 0 saturated carbocycles. The Labute approximate surface area is 93.8 Å². The highest BCUT2D eigenvalue weighted by molar-refractivity contribution is 5.39. The lowest BCUT2D eigenvalue weighted by molar-refractivity contribution is 0.198. The Morgan fingerprint density at radius 1 is 1.38 bits per heavy atom. The van der Waals surface area contributed by atoms with Gasteiger partial charge in [0.15, 0.2) is 17.5 Å². The van der Waals surface area contributed by atoms with Crippen LogP contribution in [0.5, 0.6) is 5.88 Å². The van der Waals surface area contributed by atoms with E-state index in [1.54, 1.807) is 13.8 Å². The predicted octanol–water partition coefficient (Wildman–Crippen LogP) is 2.97. The van der Waals surface area contributed by atoms with Crippen molar-refractivity contribution in [2.45, 2.75) is 33.3 Å². The number of hydrogen-bond donors (Lipinski definition) is 1. The standard InChI is InChI=1S/C11H16F2N2O/c1-4-7(3)16-11-9(13)6-8(12)10(15-11)14-5-2/h6-7H,4-5H2,1-3H3,(H,14,15). The summed E-state index contributed by atoms with van der Waals surface area (Å²) in [7, 11) is 0. The third kappa shape index (κ3) is 3.05. The van der Waals surface area contributed by atoms with E-state index in [2.05, 4.69) is 10.3 Å². The topological polar surface area (TPSA) is 34.2 Å². The first-order valence-electron chi connectivity index (χ1n) is 5.35. The molecule has 0 bridgehead atoms. The molecule has 0 aliphatic carbocycles. The van der Waals surface area contributed by atoms with Crippen LogP contribution < -0.4 is 10.1 Å². The fourth-order valence-corrected chi connectivity index (χ4v) is 1.10. The summed E-state index contributed by atoms with van der Waals surface area (Å²) in [5.74, 6) is -1.63. The van der Waals surface area contributed by atoms with Gasteiger partial charge in [-0.25, -0.2) is 8.78 Å². The lowest BCUT2D eigenvalue weighted by atomic mass is 10.3. The zero-order valence-electron chi connectivity index (χ0n) is 9.68. The SMILES string of the molecule is CCNc1nc(OC(C)CC)c(F)cc1F. The smallest absolute Gasteiger partial charge is 0.252 e. The van der Waals surface area contributed by atoms with Gasteiger partial charge in [0.1, 0.15) is 0 Å². The number of nitrogens with zero attached hydrogens (tertiary/aromatic N) is 1. The summed E-state index contributed by atoms with van der Waals surface area (Å²) >= 11 is 0. The van der Waals surface area contributed by atoms with Crippen molar-refractivity contribution in [3.8, 4) is 5.88 Å². The fraction of sp³-hybridized carbons (Fsp3) is 0.545. The third-order valence-corrected chi connectivity index (χ3v) is 2.13. The Kier molecular flexibility index (Phi) is 4.46. The average Bonchev–Trinajstić information content (AvgIpc) is 2.25. The molecule has 16 heavy (non-hydrogen) atoms. The van der Waals surface area contributed by atoms with E-state index in [0.29, 0.717) is 6.54 Å². The van der Waals surface area contributed by atoms with Crippen LogP contribution in [-0.2, 0) is 0 Å². The van der Waals surface area contributed by atoms with E-state index < -0.39 is 11.6 Å². The van der Waals surface area contributed by atoms with Gasteiger partial charge in [-0.05, 0) is 20.3 Å². The Morgan fingerprint density at radius 2 is 2.06 bits per heavy atom. The van der Waals surface area contributed by atoms with E-state index in [0.717, 1.165) is 12.5 Å². The van der Waals surface area contributed by atoms with Gasteiger partial charge in [0.05, 0.1) is 6.10 Å². The molecule has 0 fully saturated rings. The van der Waals surface area contributed by atoms with Crippen molar-refractivity contribution < 1.29 is 13.5 Å². The summed E-state index contributed by atoms with van der Waals surface area (Å²) < 4.78 is 31.8. The zero-order chi connectivity index (χ0) is 12.1. The monoisotopic (exact) mass is 230 g/mol. The molecule has 0 aromatic carbocycles. The third-order valence-electron chi connectivity index (χ3n) is 2.13. The van der Waals surface area contributed by atoms with Gasteiger partial charge in [-0.2, -0.15) is 4.98 Å². The number of nitrogens with one attached hydrogen (secondary N) is 1. The van der Waals surface area contributed by atoms with Gasteiger partial charge < -0.3 is 10.1 Å². The Morgan fingerprint density at radius 3 is 2.62 bits per heavy atom. The largest absolute Gasteiger partial charge is 0.473 e. The van der Waals surface area contributed by atoms with E-state index in [9.17, 15) is 8.78 Å². The Balaban J connectivity index is 2.95. The van der Waals surface area contributed by atoms with Crippen LogP contribution in [-0.4, -0.2) is 17.6 Å². The van der Waals surface area contributed by atoms with Crippen LogP contribution in [0.3, 0.4) is 0 Å². The minimum atomic E-state index is -0.778. The van der Waals surface area contributed by atoms with Crippen LogP contribution in [0.2, 0.25) is 0 Å². The van der Waals surface area contributed by atoms with Crippen molar-refractivity contribution in [1.29, 1.82) is 0 Å². The molecular weight excluding hydrogens is 214 g/mol. The van der Waals surface area contributed by atoms with Gasteiger partial charge in [0.2, 0.25) is 0 Å². The van der Waals surface area contributed by atoms with Crippen molar-refractivity contribution in [1.82, 2.24) is 4.98 Å². The predicted molar refractivity (Wildman–Crippen MR) is 58.7 cm³/mol. The highest BCUT2D eigenvalue weighted by Crippen LogP contribution is 2.21. The number of hydrogen-bond acceptors (Lipinski definition) is 3. The number of ether oxygens (including phenoxy) is 1. The molecule has 0 saturated heterocycles. The second-order valence-electron chi connectivity index (χ2n) is 3.47. The molecule has 1 unspecified atom stereocenters. The summed E-state index contributed by atoms with van der Waals surface area (Å²) in [6.07, 6.45) is 0.580. The van der Waals surface area contributed by atoms with Crippen molar-refractivity contribution in [3.63, 3.8) is 0 Å². The van der Waals surface area contributed by atoms with Crippen LogP contribution in [0.1, 0.15) is 27.2 Å². The number of halogens is 2. The summed E-state index contributed by atoms with van der Waals surface area (Å²) in [6.45, 7) is 6.03. The van der Waals surface area contributed by atoms with E-state index in [1.165, 1.54) is 0 Å². The van der Waals surface area contributed by atoms with E-state index in [-0.39, 0.29) is 17.8 Å². The van der Waals surface area contributed by atoms with E-state index >= 15 is 0 Å². The molecule has 0 radical (unpaired) electrons. The van der Waals surface area contributed by atoms with Gasteiger partial charge >= 0.3 is 0 Å². The molecule has 0 aliphatic rings. The lowest BCUT2D eigenvalue weighted by Crippen LogP contribution is -2.13. The molecular formula is C11H16F2N2O. The van der Waals surface area contributed by atoms with E-state index in [4.69, 9.17) is 4.74 Å². The number of rotatable bonds is 5. The van der Waals surface area contributed by atoms with Crippen LogP contribution >= 0.6 is 0 Å². The summed E-state index contributed by atoms with van der Waals surface area (Å²) in [5.41, 5.74) is 0. The molecule has 5 heteroatoms. The minimum absolute atomic E-state index is 0.0159. The van der Waals surface area contributed by atoms with E-state index in [1.807, 2.05) is 6.92 Å². The van der Waals surface area contributed by atoms with Crippen LogP contribution in [0, 0.1) is 11.6 Å².